The summed E-state index contributed by atoms with van der Waals surface area (Å²) in [5.41, 5.74) is 5.89. The van der Waals surface area contributed by atoms with Gasteiger partial charge in [0.15, 0.2) is 10.0 Å². The van der Waals surface area contributed by atoms with Gasteiger partial charge in [-0.05, 0) is 18.7 Å². The number of hydrogen-bond acceptors (Lipinski definition) is 4. The van der Waals surface area contributed by atoms with Gasteiger partial charge in [0, 0.05) is 12.1 Å². The molecule has 0 aromatic heterocycles. The van der Waals surface area contributed by atoms with Gasteiger partial charge >= 0.3 is 0 Å². The van der Waals surface area contributed by atoms with Gasteiger partial charge in [-0.1, -0.05) is 48.3 Å². The van der Waals surface area contributed by atoms with E-state index >= 15 is 0 Å². The van der Waals surface area contributed by atoms with Gasteiger partial charge in [-0.15, -0.1) is 6.58 Å². The lowest BCUT2D eigenvalue weighted by Crippen LogP contribution is -2.31. The number of nitrogens with one attached hydrogen (secondary N) is 1. The first kappa shape index (κ1) is 14.7. The summed E-state index contributed by atoms with van der Waals surface area (Å²) in [7, 11) is 0. The van der Waals surface area contributed by atoms with Gasteiger partial charge < -0.3 is 4.90 Å². The van der Waals surface area contributed by atoms with E-state index in [4.69, 9.17) is 12.2 Å². The molecule has 20 heavy (non-hydrogen) atoms. The Bertz CT molecular complexity index is 610. The van der Waals surface area contributed by atoms with Gasteiger partial charge in [-0.25, -0.2) is 0 Å². The highest BCUT2D eigenvalue weighted by molar-refractivity contribution is 8.22. The van der Waals surface area contributed by atoms with Crippen LogP contribution in [0.25, 0.3) is 0 Å². The zero-order valence-electron chi connectivity index (χ0n) is 11.3. The van der Waals surface area contributed by atoms with Crippen molar-refractivity contribution in [2.45, 2.75) is 6.92 Å². The van der Waals surface area contributed by atoms with Crippen LogP contribution in [0.4, 0.5) is 5.69 Å². The normalized spacial score (nSPS) is 15.4. The summed E-state index contributed by atoms with van der Waals surface area (Å²) in [5.74, 6) is -0.134. The lowest BCUT2D eigenvalue weighted by atomic mass is 10.1. The Labute approximate surface area is 127 Å². The van der Waals surface area contributed by atoms with Crippen LogP contribution in [0.15, 0.2) is 36.0 Å². The molecule has 0 atom stereocenters. The van der Waals surface area contributed by atoms with Crippen molar-refractivity contribution in [3.8, 4) is 0 Å². The number of thioether (sulfide) groups is 1. The van der Waals surface area contributed by atoms with Crippen molar-refractivity contribution in [1.29, 1.82) is 0 Å². The molecule has 1 aliphatic heterocycles. The predicted molar refractivity (Wildman–Crippen MR) is 89.5 cm³/mol. The highest BCUT2D eigenvalue weighted by Crippen LogP contribution is 2.32. The number of anilines is 1. The second-order valence-electron chi connectivity index (χ2n) is 4.24. The molecular weight excluding hydrogens is 290 g/mol. The van der Waals surface area contributed by atoms with Gasteiger partial charge in [-0.2, -0.15) is 5.10 Å². The zero-order chi connectivity index (χ0) is 14.7. The molecule has 1 aliphatic rings. The average molecular weight is 305 g/mol. The lowest BCUT2D eigenvalue weighted by Gasteiger charge is -2.16. The number of nitrogens with zero attached hydrogens (tertiary/aromatic N) is 2. The summed E-state index contributed by atoms with van der Waals surface area (Å²) in [5, 5.41) is 4.17. The smallest absolute Gasteiger partial charge is 0.279 e. The average Bonchev–Trinajstić information content (AvgIpc) is 2.71. The Hall–Kier alpha value is -1.66. The van der Waals surface area contributed by atoms with Gasteiger partial charge in [-0.3, -0.25) is 10.2 Å². The summed E-state index contributed by atoms with van der Waals surface area (Å²) in [6, 6.07) is 5.79. The highest BCUT2D eigenvalue weighted by Gasteiger charge is 2.34. The van der Waals surface area contributed by atoms with Crippen LogP contribution < -0.4 is 10.3 Å². The van der Waals surface area contributed by atoms with E-state index in [2.05, 4.69) is 17.1 Å². The number of para-hydroxylation sites is 1. The molecule has 104 valence electrons. The Morgan fingerprint density at radius 2 is 2.35 bits per heavy atom. The van der Waals surface area contributed by atoms with Crippen LogP contribution in [-0.4, -0.2) is 28.7 Å². The predicted octanol–water partition coefficient (Wildman–Crippen LogP) is 2.47. The van der Waals surface area contributed by atoms with Crippen molar-refractivity contribution in [2.24, 2.45) is 5.10 Å². The maximum absolute atomic E-state index is 12.5. The zero-order valence-corrected chi connectivity index (χ0v) is 13.0. The van der Waals surface area contributed by atoms with E-state index < -0.39 is 0 Å². The molecule has 1 aromatic carbocycles. The number of benzene rings is 1. The van der Waals surface area contributed by atoms with Crippen molar-refractivity contribution < 1.29 is 4.79 Å². The molecule has 2 rings (SSSR count). The summed E-state index contributed by atoms with van der Waals surface area (Å²) in [4.78, 5) is 14.1. The molecule has 0 saturated carbocycles. The fraction of sp³-hybridized carbons (Fsp3) is 0.214. The van der Waals surface area contributed by atoms with Gasteiger partial charge in [0.2, 0.25) is 0 Å². The third-order valence-electron chi connectivity index (χ3n) is 2.97. The van der Waals surface area contributed by atoms with Crippen LogP contribution in [0.3, 0.4) is 0 Å². The molecular formula is C14H15N3OS2. The molecule has 1 N–H and O–H groups in total. The quantitative estimate of drug-likeness (QED) is 0.529. The van der Waals surface area contributed by atoms with Crippen molar-refractivity contribution >= 4 is 45.6 Å². The van der Waals surface area contributed by atoms with E-state index in [9.17, 15) is 4.79 Å². The van der Waals surface area contributed by atoms with E-state index in [-0.39, 0.29) is 5.91 Å². The Morgan fingerprint density at radius 1 is 1.60 bits per heavy atom. The van der Waals surface area contributed by atoms with Gasteiger partial charge in [0.25, 0.3) is 5.91 Å². The Morgan fingerprint density at radius 3 is 3.00 bits per heavy atom. The first-order chi connectivity index (χ1) is 9.60. The molecule has 0 unspecified atom stereocenters. The number of fused-ring (bicyclic) bond motifs is 1. The van der Waals surface area contributed by atoms with E-state index in [1.54, 1.807) is 11.0 Å². The van der Waals surface area contributed by atoms with Crippen molar-refractivity contribution in [3.05, 3.63) is 42.0 Å². The minimum atomic E-state index is -0.134. The molecule has 1 amide bonds. The summed E-state index contributed by atoms with van der Waals surface area (Å²) >= 11 is 6.41. The molecule has 4 nitrogen and oxygen atoms in total. The standard InChI is InChI=1S/C14H15N3OS2/c1-4-8-17-12-9(2)6-5-7-10(12)11(13(17)18)15-16-14(19)20-3/h4-7H,1,8H2,2-3H3,(H,16,19). The molecule has 0 bridgehead atoms. The summed E-state index contributed by atoms with van der Waals surface area (Å²) < 4.78 is 0.529. The molecule has 0 fully saturated rings. The molecule has 0 saturated heterocycles. The van der Waals surface area contributed by atoms with Crippen LogP contribution in [-0.2, 0) is 4.79 Å². The van der Waals surface area contributed by atoms with Crippen LogP contribution in [0.2, 0.25) is 0 Å². The molecule has 0 radical (unpaired) electrons. The Kier molecular flexibility index (Phi) is 4.57. The number of hydrazone groups is 1. The second-order valence-corrected chi connectivity index (χ2v) is 5.72. The number of thiocarbonyl (C=S) groups is 1. The maximum Gasteiger partial charge on any atom is 0.279 e. The number of aryl methyl sites for hydroxylation is 1. The van der Waals surface area contributed by atoms with E-state index in [1.807, 2.05) is 31.4 Å². The molecule has 0 aliphatic carbocycles. The minimum Gasteiger partial charge on any atom is -0.302 e. The number of carbonyl (C=O) groups excluding carboxylic acids is 1. The minimum absolute atomic E-state index is 0.134. The van der Waals surface area contributed by atoms with Gasteiger partial charge in [0.05, 0.1) is 5.69 Å². The third-order valence-corrected chi connectivity index (χ3v) is 4.02. The molecule has 1 aromatic rings. The molecule has 0 spiro atoms. The number of hydrogen-bond donors (Lipinski definition) is 1. The lowest BCUT2D eigenvalue weighted by molar-refractivity contribution is -0.112. The van der Waals surface area contributed by atoms with Gasteiger partial charge in [0.1, 0.15) is 0 Å². The largest absolute Gasteiger partial charge is 0.302 e. The van der Waals surface area contributed by atoms with E-state index in [1.165, 1.54) is 11.8 Å². The van der Waals surface area contributed by atoms with E-state index in [0.717, 1.165) is 16.8 Å². The fourth-order valence-corrected chi connectivity index (χ4v) is 2.29. The van der Waals surface area contributed by atoms with Crippen LogP contribution in [0.1, 0.15) is 11.1 Å². The second kappa shape index (κ2) is 6.19. The van der Waals surface area contributed by atoms with Crippen LogP contribution >= 0.6 is 24.0 Å². The SMILES string of the molecule is C=CCN1C(=O)C(=NNC(=S)SC)c2cccc(C)c21. The highest BCUT2D eigenvalue weighted by atomic mass is 32.2. The summed E-state index contributed by atoms with van der Waals surface area (Å²) in [6.45, 7) is 6.14. The Balaban J connectivity index is 2.46. The molecule has 6 heteroatoms. The number of rotatable bonds is 3. The number of carbonyl (C=O) groups is 1. The van der Waals surface area contributed by atoms with Crippen molar-refractivity contribution in [3.63, 3.8) is 0 Å². The first-order valence-electron chi connectivity index (χ1n) is 6.04. The van der Waals surface area contributed by atoms with Crippen molar-refractivity contribution in [1.82, 2.24) is 5.43 Å². The van der Waals surface area contributed by atoms with Crippen LogP contribution in [0.5, 0.6) is 0 Å². The third kappa shape index (κ3) is 2.62. The summed E-state index contributed by atoms with van der Waals surface area (Å²) in [6.07, 6.45) is 3.56. The van der Waals surface area contributed by atoms with E-state index in [0.29, 0.717) is 16.6 Å². The van der Waals surface area contributed by atoms with Crippen molar-refractivity contribution in [2.75, 3.05) is 17.7 Å². The maximum atomic E-state index is 12.5. The first-order valence-corrected chi connectivity index (χ1v) is 7.67. The molecule has 1 heterocycles. The topological polar surface area (TPSA) is 44.7 Å². The van der Waals surface area contributed by atoms with Crippen LogP contribution in [0, 0.1) is 6.92 Å². The fourth-order valence-electron chi connectivity index (χ4n) is 2.11. The monoisotopic (exact) mass is 305 g/mol. The number of amides is 1.